The second-order valence-electron chi connectivity index (χ2n) is 11.3. The summed E-state index contributed by atoms with van der Waals surface area (Å²) in [6, 6.07) is 0. The number of carbonyl (C=O) groups excluding carboxylic acids is 2. The molecule has 0 spiro atoms. The molecule has 0 aliphatic rings. The van der Waals surface area contributed by atoms with Crippen molar-refractivity contribution in [2.24, 2.45) is 0 Å². The normalized spacial score (nSPS) is 11.2. The fourth-order valence-electron chi connectivity index (χ4n) is 4.80. The van der Waals surface area contributed by atoms with Crippen molar-refractivity contribution in [3.05, 3.63) is 0 Å². The fourth-order valence-corrected chi connectivity index (χ4v) is 4.80. The fraction of sp³-hybridized carbons (Fsp3) is 0.938. The van der Waals surface area contributed by atoms with Crippen LogP contribution in [-0.2, 0) is 18.9 Å². The molecule has 0 atom stereocenters. The number of hydrogen-bond donors (Lipinski definition) is 3. The lowest BCUT2D eigenvalue weighted by Gasteiger charge is -2.05. The Bertz CT molecular complexity index is 544. The number of unbranched alkanes of at least 4 members (excludes halogenated alkanes) is 24. The summed E-state index contributed by atoms with van der Waals surface area (Å²) in [6.07, 6.45) is 34.3. The Balaban J connectivity index is 0. The van der Waals surface area contributed by atoms with Crippen LogP contribution < -0.4 is 0 Å². The summed E-state index contributed by atoms with van der Waals surface area (Å²) in [5.41, 5.74) is 0. The van der Waals surface area contributed by atoms with Crippen LogP contribution in [-0.4, -0.2) is 26.6 Å². The molecule has 0 saturated carbocycles. The number of rotatable bonds is 28. The molecule has 8 heteroatoms. The summed E-state index contributed by atoms with van der Waals surface area (Å²) < 4.78 is 13.9. The molecule has 3 N–H and O–H groups in total. The van der Waals surface area contributed by atoms with Crippen molar-refractivity contribution < 1.29 is 33.6 Å². The van der Waals surface area contributed by atoms with Crippen molar-refractivity contribution in [2.75, 3.05) is 0 Å². The van der Waals surface area contributed by atoms with Crippen LogP contribution in [0.4, 0.5) is 0 Å². The van der Waals surface area contributed by atoms with Gasteiger partial charge in [0.1, 0.15) is 0 Å². The van der Waals surface area contributed by atoms with Gasteiger partial charge in [-0.2, -0.15) is 0 Å². The topological polar surface area (TPSA) is 121 Å². The van der Waals surface area contributed by atoms with Gasteiger partial charge in [-0.15, -0.1) is 0 Å². The van der Waals surface area contributed by atoms with Gasteiger partial charge >= 0.3 is 19.8 Å². The molecule has 0 aliphatic carbocycles. The third-order valence-electron chi connectivity index (χ3n) is 7.20. The molecule has 0 radical (unpaired) electrons. The van der Waals surface area contributed by atoms with Crippen molar-refractivity contribution in [2.45, 2.75) is 194 Å². The molecule has 240 valence electrons. The minimum Gasteiger partial charge on any atom is -0.393 e. The summed E-state index contributed by atoms with van der Waals surface area (Å²) in [4.78, 5) is 45.3. The lowest BCUT2D eigenvalue weighted by Crippen LogP contribution is -2.11. The summed E-state index contributed by atoms with van der Waals surface area (Å²) in [5.74, 6) is -0.652. The maximum atomic E-state index is 11.8. The third-order valence-corrected chi connectivity index (χ3v) is 7.20. The van der Waals surface area contributed by atoms with Crippen LogP contribution in [0.3, 0.4) is 0 Å². The van der Waals surface area contributed by atoms with E-state index in [1.54, 1.807) is 0 Å². The second-order valence-corrected chi connectivity index (χ2v) is 12.4. The van der Waals surface area contributed by atoms with Crippen LogP contribution in [0, 0.1) is 0 Å². The van der Waals surface area contributed by atoms with Gasteiger partial charge in [0.2, 0.25) is 0 Å². The zero-order valence-corrected chi connectivity index (χ0v) is 27.1. The monoisotopic (exact) mass is 592 g/mol. The Kier molecular flexibility index (Phi) is 33.9. The standard InChI is InChI=1S/C32H62O3.H3O4P/c1-3-5-7-9-11-13-15-17-19-21-23-25-27-29-31(33)35-32(34)30-28-26-24-22-20-18-16-14-12-10-8-6-4-2;1-5(2,3)4/h3-30H2,1-2H3;(H3,1,2,3,4). The van der Waals surface area contributed by atoms with Crippen molar-refractivity contribution in [3.63, 3.8) is 0 Å². The first-order valence-electron chi connectivity index (χ1n) is 16.7. The Morgan fingerprint density at radius 1 is 0.425 bits per heavy atom. The van der Waals surface area contributed by atoms with Gasteiger partial charge in [0.25, 0.3) is 0 Å². The highest BCUT2D eigenvalue weighted by molar-refractivity contribution is 7.45. The van der Waals surface area contributed by atoms with E-state index in [2.05, 4.69) is 13.8 Å². The molecular formula is C32H65O7P. The van der Waals surface area contributed by atoms with Gasteiger partial charge in [-0.1, -0.05) is 168 Å². The van der Waals surface area contributed by atoms with Crippen LogP contribution in [0.25, 0.3) is 0 Å². The number of esters is 2. The van der Waals surface area contributed by atoms with Crippen LogP contribution >= 0.6 is 7.82 Å². The van der Waals surface area contributed by atoms with Gasteiger partial charge in [-0.05, 0) is 12.8 Å². The Morgan fingerprint density at radius 2 is 0.600 bits per heavy atom. The minimum atomic E-state index is -4.64. The molecule has 0 aromatic heterocycles. The zero-order chi connectivity index (χ0) is 30.2. The first kappa shape index (κ1) is 41.4. The maximum absolute atomic E-state index is 11.8. The van der Waals surface area contributed by atoms with Gasteiger partial charge in [0.15, 0.2) is 0 Å². The van der Waals surface area contributed by atoms with E-state index in [4.69, 9.17) is 24.0 Å². The first-order chi connectivity index (χ1) is 19.2. The summed E-state index contributed by atoms with van der Waals surface area (Å²) in [7, 11) is -4.64. The molecule has 40 heavy (non-hydrogen) atoms. The molecular weight excluding hydrogens is 527 g/mol. The van der Waals surface area contributed by atoms with Gasteiger partial charge in [0, 0.05) is 12.8 Å². The first-order valence-corrected chi connectivity index (χ1v) is 18.3. The van der Waals surface area contributed by atoms with Gasteiger partial charge in [-0.3, -0.25) is 9.59 Å². The maximum Gasteiger partial charge on any atom is 0.466 e. The number of hydrogen-bond acceptors (Lipinski definition) is 4. The van der Waals surface area contributed by atoms with Crippen LogP contribution in [0.1, 0.15) is 194 Å². The Hall–Kier alpha value is -0.750. The van der Waals surface area contributed by atoms with Crippen molar-refractivity contribution in [3.8, 4) is 0 Å². The Labute approximate surface area is 246 Å². The average Bonchev–Trinajstić information content (AvgIpc) is 2.88. The van der Waals surface area contributed by atoms with E-state index in [9.17, 15) is 9.59 Å². The minimum absolute atomic E-state index is 0.326. The van der Waals surface area contributed by atoms with Gasteiger partial charge < -0.3 is 19.4 Å². The van der Waals surface area contributed by atoms with Crippen molar-refractivity contribution >= 4 is 19.8 Å². The highest BCUT2D eigenvalue weighted by Gasteiger charge is 2.10. The predicted molar refractivity (Wildman–Crippen MR) is 166 cm³/mol. The molecule has 0 heterocycles. The van der Waals surface area contributed by atoms with Gasteiger partial charge in [-0.25, -0.2) is 4.57 Å². The highest BCUT2D eigenvalue weighted by Crippen LogP contribution is 2.25. The van der Waals surface area contributed by atoms with E-state index in [1.807, 2.05) is 0 Å². The van der Waals surface area contributed by atoms with Crippen LogP contribution in [0.2, 0.25) is 0 Å². The quantitative estimate of drug-likeness (QED) is 0.0357. The van der Waals surface area contributed by atoms with Crippen molar-refractivity contribution in [1.29, 1.82) is 0 Å². The lowest BCUT2D eigenvalue weighted by atomic mass is 10.0. The summed E-state index contributed by atoms with van der Waals surface area (Å²) in [6.45, 7) is 4.54. The molecule has 0 aromatic carbocycles. The average molecular weight is 593 g/mol. The summed E-state index contributed by atoms with van der Waals surface area (Å²) >= 11 is 0. The molecule has 0 unspecified atom stereocenters. The van der Waals surface area contributed by atoms with Crippen molar-refractivity contribution in [1.82, 2.24) is 0 Å². The van der Waals surface area contributed by atoms with E-state index >= 15 is 0 Å². The predicted octanol–water partition coefficient (Wildman–Crippen LogP) is 10.1. The molecule has 0 fully saturated rings. The number of ether oxygens (including phenoxy) is 1. The summed E-state index contributed by atoms with van der Waals surface area (Å²) in [5, 5.41) is 0. The third kappa shape index (κ3) is 44.3. The van der Waals surface area contributed by atoms with E-state index < -0.39 is 7.82 Å². The van der Waals surface area contributed by atoms with E-state index in [0.717, 1.165) is 25.7 Å². The molecule has 0 aromatic rings. The Morgan fingerprint density at radius 3 is 0.800 bits per heavy atom. The smallest absolute Gasteiger partial charge is 0.393 e. The van der Waals surface area contributed by atoms with E-state index in [-0.39, 0.29) is 11.9 Å². The van der Waals surface area contributed by atoms with Crippen LogP contribution in [0.5, 0.6) is 0 Å². The molecule has 0 bridgehead atoms. The molecule has 7 nitrogen and oxygen atoms in total. The molecule has 0 rings (SSSR count). The van der Waals surface area contributed by atoms with E-state index in [1.165, 1.54) is 141 Å². The number of carbonyl (C=O) groups is 2. The molecule has 0 saturated heterocycles. The highest BCUT2D eigenvalue weighted by atomic mass is 31.2. The van der Waals surface area contributed by atoms with E-state index in [0.29, 0.717) is 12.8 Å². The molecule has 0 aliphatic heterocycles. The molecule has 0 amide bonds. The van der Waals surface area contributed by atoms with Gasteiger partial charge in [0.05, 0.1) is 0 Å². The SMILES string of the molecule is CCCCCCCCCCCCCCCC(=O)OC(=O)CCCCCCCCCCCCCCC.O=P(O)(O)O. The lowest BCUT2D eigenvalue weighted by molar-refractivity contribution is -0.159. The number of phosphoric acid groups is 1. The zero-order valence-electron chi connectivity index (χ0n) is 26.2. The second kappa shape index (κ2) is 32.8. The van der Waals surface area contributed by atoms with Crippen LogP contribution in [0.15, 0.2) is 0 Å². The largest absolute Gasteiger partial charge is 0.466 e.